The predicted molar refractivity (Wildman–Crippen MR) is 108 cm³/mol. The fraction of sp³-hybridized carbons (Fsp3) is 0.273. The number of piperazine rings is 1. The van der Waals surface area contributed by atoms with Gasteiger partial charge in [-0.15, -0.1) is 0 Å². The van der Waals surface area contributed by atoms with Crippen molar-refractivity contribution >= 4 is 22.6 Å². The molecule has 1 amide bonds. The van der Waals surface area contributed by atoms with Crippen LogP contribution in [-0.4, -0.2) is 47.0 Å². The number of nitrogens with zero attached hydrogens (tertiary/aromatic N) is 5. The Labute approximate surface area is 164 Å². The zero-order valence-corrected chi connectivity index (χ0v) is 16.0. The maximum absolute atomic E-state index is 12.6. The van der Waals surface area contributed by atoms with Gasteiger partial charge in [0.05, 0.1) is 11.1 Å². The van der Waals surface area contributed by atoms with Gasteiger partial charge in [0.15, 0.2) is 0 Å². The Kier molecular flexibility index (Phi) is 4.66. The van der Waals surface area contributed by atoms with Gasteiger partial charge in [-0.1, -0.05) is 12.1 Å². The number of nitriles is 1. The topological polar surface area (TPSA) is 73.1 Å². The van der Waals surface area contributed by atoms with Gasteiger partial charge in [0.1, 0.15) is 17.6 Å². The summed E-state index contributed by atoms with van der Waals surface area (Å²) in [6.07, 6.45) is 1.63. The zero-order chi connectivity index (χ0) is 19.7. The van der Waals surface area contributed by atoms with Gasteiger partial charge in [-0.25, -0.2) is 4.98 Å². The molecule has 1 aliphatic rings. The molecule has 28 heavy (non-hydrogen) atoms. The molecule has 4 rings (SSSR count). The Morgan fingerprint density at radius 3 is 2.57 bits per heavy atom. The van der Waals surface area contributed by atoms with Crippen molar-refractivity contribution in [1.29, 1.82) is 5.26 Å². The van der Waals surface area contributed by atoms with Gasteiger partial charge < -0.3 is 9.80 Å². The molecule has 0 N–H and O–H groups in total. The van der Waals surface area contributed by atoms with E-state index in [0.717, 1.165) is 22.0 Å². The van der Waals surface area contributed by atoms with Crippen LogP contribution in [0.1, 0.15) is 27.2 Å². The standard InChI is InChI=1S/C22H21N5O/c1-15-11-16(2)18-13-17(14-23)21(25-20(18)12-15)26-7-9-27(10-8-26)22(28)19-5-3-4-6-24-19/h3-6,11-13H,7-10H2,1-2H3. The molecule has 0 aliphatic carbocycles. The Hall–Kier alpha value is -3.46. The van der Waals surface area contributed by atoms with E-state index in [1.807, 2.05) is 32.0 Å². The second-order valence-corrected chi connectivity index (χ2v) is 7.11. The molecule has 1 fully saturated rings. The number of hydrogen-bond donors (Lipinski definition) is 0. The summed E-state index contributed by atoms with van der Waals surface area (Å²) >= 11 is 0. The largest absolute Gasteiger partial charge is 0.352 e. The van der Waals surface area contributed by atoms with Crippen LogP contribution in [0.25, 0.3) is 10.9 Å². The normalized spacial score (nSPS) is 14.2. The highest BCUT2D eigenvalue weighted by Gasteiger charge is 2.25. The van der Waals surface area contributed by atoms with Gasteiger partial charge >= 0.3 is 0 Å². The number of aryl methyl sites for hydroxylation is 2. The summed E-state index contributed by atoms with van der Waals surface area (Å²) in [7, 11) is 0. The summed E-state index contributed by atoms with van der Waals surface area (Å²) in [5.74, 6) is 0.642. The lowest BCUT2D eigenvalue weighted by Gasteiger charge is -2.35. The van der Waals surface area contributed by atoms with Crippen molar-refractivity contribution in [3.63, 3.8) is 0 Å². The Balaban J connectivity index is 1.58. The van der Waals surface area contributed by atoms with Crippen LogP contribution in [0.15, 0.2) is 42.6 Å². The molecule has 1 aliphatic heterocycles. The summed E-state index contributed by atoms with van der Waals surface area (Å²) < 4.78 is 0. The first-order chi connectivity index (χ1) is 13.6. The molecule has 0 bridgehead atoms. The van der Waals surface area contributed by atoms with E-state index in [2.05, 4.69) is 22.0 Å². The fourth-order valence-electron chi connectivity index (χ4n) is 3.72. The molecule has 140 valence electrons. The average molecular weight is 371 g/mol. The molecule has 0 atom stereocenters. The van der Waals surface area contributed by atoms with Gasteiger partial charge in [0.25, 0.3) is 5.91 Å². The van der Waals surface area contributed by atoms with E-state index < -0.39 is 0 Å². The van der Waals surface area contributed by atoms with E-state index >= 15 is 0 Å². The van der Waals surface area contributed by atoms with E-state index in [9.17, 15) is 10.1 Å². The Bertz CT molecular complexity index is 1080. The molecule has 1 aromatic carbocycles. The minimum Gasteiger partial charge on any atom is -0.352 e. The number of carbonyl (C=O) groups is 1. The molecule has 0 saturated carbocycles. The SMILES string of the molecule is Cc1cc(C)c2cc(C#N)c(N3CCN(C(=O)c4ccccn4)CC3)nc2c1. The summed E-state index contributed by atoms with van der Waals surface area (Å²) in [6.45, 7) is 6.51. The van der Waals surface area contributed by atoms with Gasteiger partial charge in [-0.2, -0.15) is 5.26 Å². The number of anilines is 1. The summed E-state index contributed by atoms with van der Waals surface area (Å²) in [5.41, 5.74) is 4.21. The van der Waals surface area contributed by atoms with Crippen LogP contribution < -0.4 is 4.90 Å². The summed E-state index contributed by atoms with van der Waals surface area (Å²) in [5, 5.41) is 10.7. The third kappa shape index (κ3) is 3.27. The Morgan fingerprint density at radius 2 is 1.89 bits per heavy atom. The molecule has 3 aromatic rings. The van der Waals surface area contributed by atoms with Gasteiger partial charge in [-0.3, -0.25) is 9.78 Å². The van der Waals surface area contributed by atoms with Crippen molar-refractivity contribution in [1.82, 2.24) is 14.9 Å². The number of benzene rings is 1. The molecule has 6 heteroatoms. The van der Waals surface area contributed by atoms with E-state index in [4.69, 9.17) is 4.98 Å². The number of carbonyl (C=O) groups excluding carboxylic acids is 1. The van der Waals surface area contributed by atoms with Crippen LogP contribution in [-0.2, 0) is 0 Å². The fourth-order valence-corrected chi connectivity index (χ4v) is 3.72. The second kappa shape index (κ2) is 7.28. The number of fused-ring (bicyclic) bond motifs is 1. The van der Waals surface area contributed by atoms with Gasteiger partial charge in [0, 0.05) is 37.8 Å². The third-order valence-electron chi connectivity index (χ3n) is 5.14. The zero-order valence-electron chi connectivity index (χ0n) is 16.0. The summed E-state index contributed by atoms with van der Waals surface area (Å²) in [4.78, 5) is 25.4. The van der Waals surface area contributed by atoms with Crippen molar-refractivity contribution in [2.75, 3.05) is 31.1 Å². The van der Waals surface area contributed by atoms with Crippen LogP contribution >= 0.6 is 0 Å². The molecule has 0 spiro atoms. The van der Waals surface area contributed by atoms with Crippen LogP contribution in [0.5, 0.6) is 0 Å². The van der Waals surface area contributed by atoms with Crippen molar-refractivity contribution in [2.24, 2.45) is 0 Å². The van der Waals surface area contributed by atoms with Gasteiger partial charge in [0.2, 0.25) is 0 Å². The molecule has 3 heterocycles. The first kappa shape index (κ1) is 17.9. The molecule has 1 saturated heterocycles. The lowest BCUT2D eigenvalue weighted by molar-refractivity contribution is 0.0740. The Morgan fingerprint density at radius 1 is 1.11 bits per heavy atom. The number of aromatic nitrogens is 2. The van der Waals surface area contributed by atoms with Crippen molar-refractivity contribution in [3.05, 3.63) is 65.0 Å². The smallest absolute Gasteiger partial charge is 0.272 e. The van der Waals surface area contributed by atoms with Crippen LogP contribution in [0.3, 0.4) is 0 Å². The van der Waals surface area contributed by atoms with Crippen molar-refractivity contribution < 1.29 is 4.79 Å². The lowest BCUT2D eigenvalue weighted by Crippen LogP contribution is -2.49. The minimum absolute atomic E-state index is 0.0570. The average Bonchev–Trinajstić information content (AvgIpc) is 2.73. The molecule has 0 radical (unpaired) electrons. The summed E-state index contributed by atoms with van der Waals surface area (Å²) in [6, 6.07) is 13.7. The van der Waals surface area contributed by atoms with E-state index in [0.29, 0.717) is 43.3 Å². The first-order valence-corrected chi connectivity index (χ1v) is 9.34. The first-order valence-electron chi connectivity index (χ1n) is 9.34. The quantitative estimate of drug-likeness (QED) is 0.692. The van der Waals surface area contributed by atoms with E-state index in [1.54, 1.807) is 23.2 Å². The molecular formula is C22H21N5O. The maximum Gasteiger partial charge on any atom is 0.272 e. The monoisotopic (exact) mass is 371 g/mol. The third-order valence-corrected chi connectivity index (χ3v) is 5.14. The van der Waals surface area contributed by atoms with E-state index in [-0.39, 0.29) is 5.91 Å². The number of pyridine rings is 2. The maximum atomic E-state index is 12.6. The molecule has 6 nitrogen and oxygen atoms in total. The minimum atomic E-state index is -0.0570. The van der Waals surface area contributed by atoms with Gasteiger partial charge in [-0.05, 0) is 49.2 Å². The molecular weight excluding hydrogens is 350 g/mol. The van der Waals surface area contributed by atoms with Crippen LogP contribution in [0, 0.1) is 25.2 Å². The highest BCUT2D eigenvalue weighted by atomic mass is 16.2. The molecule has 2 aromatic heterocycles. The van der Waals surface area contributed by atoms with Crippen LogP contribution in [0.4, 0.5) is 5.82 Å². The number of hydrogen-bond acceptors (Lipinski definition) is 5. The number of rotatable bonds is 2. The highest BCUT2D eigenvalue weighted by Crippen LogP contribution is 2.27. The predicted octanol–water partition coefficient (Wildman–Crippen LogP) is 3.08. The number of amides is 1. The van der Waals surface area contributed by atoms with Crippen LogP contribution in [0.2, 0.25) is 0 Å². The molecule has 0 unspecified atom stereocenters. The van der Waals surface area contributed by atoms with Crippen molar-refractivity contribution in [3.8, 4) is 6.07 Å². The lowest BCUT2D eigenvalue weighted by atomic mass is 10.0. The van der Waals surface area contributed by atoms with Crippen molar-refractivity contribution in [2.45, 2.75) is 13.8 Å². The highest BCUT2D eigenvalue weighted by molar-refractivity contribution is 5.92. The van der Waals surface area contributed by atoms with E-state index in [1.165, 1.54) is 0 Å². The second-order valence-electron chi connectivity index (χ2n) is 7.11.